The molecule has 114 valence electrons. The van der Waals surface area contributed by atoms with Crippen LogP contribution in [0.1, 0.15) is 18.4 Å². The van der Waals surface area contributed by atoms with Gasteiger partial charge in [0.2, 0.25) is 0 Å². The molecule has 0 spiro atoms. The summed E-state index contributed by atoms with van der Waals surface area (Å²) < 4.78 is 5.86. The minimum atomic E-state index is 0.345. The predicted octanol–water partition coefficient (Wildman–Crippen LogP) is 2.52. The van der Waals surface area contributed by atoms with Gasteiger partial charge in [0.05, 0.1) is 12.2 Å². The molecule has 0 aliphatic rings. The number of rotatable bonds is 6. The maximum Gasteiger partial charge on any atom is 0.152 e. The van der Waals surface area contributed by atoms with Crippen molar-refractivity contribution >= 4 is 0 Å². The molecule has 0 saturated heterocycles. The largest absolute Gasteiger partial charge is 0.458 e. The fraction of sp³-hybridized carbons (Fsp3) is 0.312. The third-order valence-corrected chi connectivity index (χ3v) is 3.71. The van der Waals surface area contributed by atoms with E-state index < -0.39 is 0 Å². The van der Waals surface area contributed by atoms with Crippen molar-refractivity contribution in [3.8, 4) is 11.5 Å². The van der Waals surface area contributed by atoms with E-state index >= 15 is 0 Å². The highest BCUT2D eigenvalue weighted by Crippen LogP contribution is 2.20. The Morgan fingerprint density at radius 2 is 2.14 bits per heavy atom. The molecule has 0 radical (unpaired) electrons. The zero-order valence-electron chi connectivity index (χ0n) is 12.7. The highest BCUT2D eigenvalue weighted by atomic mass is 16.3. The van der Waals surface area contributed by atoms with Crippen LogP contribution in [0, 0.1) is 0 Å². The van der Waals surface area contributed by atoms with Crippen LogP contribution >= 0.6 is 0 Å². The molecule has 0 fully saturated rings. The zero-order valence-corrected chi connectivity index (χ0v) is 12.7. The Labute approximate surface area is 129 Å². The van der Waals surface area contributed by atoms with Crippen molar-refractivity contribution in [1.29, 1.82) is 0 Å². The number of nitrogens with zero attached hydrogens (tertiary/aromatic N) is 4. The van der Waals surface area contributed by atoms with Gasteiger partial charge in [0, 0.05) is 37.3 Å². The summed E-state index contributed by atoms with van der Waals surface area (Å²) in [5, 5.41) is 6.84. The molecule has 3 rings (SSSR count). The molecule has 0 aromatic carbocycles. The van der Waals surface area contributed by atoms with E-state index in [0.29, 0.717) is 6.04 Å². The van der Waals surface area contributed by atoms with Gasteiger partial charge in [-0.05, 0) is 32.2 Å². The second-order valence-electron chi connectivity index (χ2n) is 5.40. The Hall–Kier alpha value is -2.47. The molecule has 0 bridgehead atoms. The number of hydrogen-bond acceptors (Lipinski definition) is 5. The monoisotopic (exact) mass is 297 g/mol. The topological polar surface area (TPSA) is 70.8 Å². The highest BCUT2D eigenvalue weighted by molar-refractivity contribution is 5.51. The fourth-order valence-electron chi connectivity index (χ4n) is 2.30. The SMILES string of the molecule is CC(Cc1cnccn1)N(C)Cc1ccc(-c2ccn[nH]2)o1. The summed E-state index contributed by atoms with van der Waals surface area (Å²) in [6.07, 6.45) is 7.81. The number of hydrogen-bond donors (Lipinski definition) is 1. The average molecular weight is 297 g/mol. The lowest BCUT2D eigenvalue weighted by Gasteiger charge is -2.23. The second-order valence-corrected chi connectivity index (χ2v) is 5.40. The van der Waals surface area contributed by atoms with Crippen molar-refractivity contribution in [3.63, 3.8) is 0 Å². The molecule has 0 saturated carbocycles. The Morgan fingerprint density at radius 1 is 1.23 bits per heavy atom. The summed E-state index contributed by atoms with van der Waals surface area (Å²) in [6, 6.07) is 6.20. The van der Waals surface area contributed by atoms with Gasteiger partial charge in [0.1, 0.15) is 11.5 Å². The van der Waals surface area contributed by atoms with Crippen LogP contribution in [0.5, 0.6) is 0 Å². The van der Waals surface area contributed by atoms with E-state index in [4.69, 9.17) is 4.42 Å². The molecule has 3 aromatic heterocycles. The lowest BCUT2D eigenvalue weighted by Crippen LogP contribution is -2.30. The van der Waals surface area contributed by atoms with E-state index in [1.165, 1.54) is 0 Å². The zero-order chi connectivity index (χ0) is 15.4. The summed E-state index contributed by atoms with van der Waals surface area (Å²) in [4.78, 5) is 10.7. The first-order valence-electron chi connectivity index (χ1n) is 7.26. The number of nitrogens with one attached hydrogen (secondary N) is 1. The van der Waals surface area contributed by atoms with Crippen LogP contribution in [0.25, 0.3) is 11.5 Å². The Balaban J connectivity index is 1.60. The molecule has 0 amide bonds. The number of aromatic nitrogens is 4. The first kappa shape index (κ1) is 14.5. The molecule has 6 heteroatoms. The predicted molar refractivity (Wildman–Crippen MR) is 83.0 cm³/mol. The van der Waals surface area contributed by atoms with Crippen LogP contribution < -0.4 is 0 Å². The van der Waals surface area contributed by atoms with Gasteiger partial charge in [-0.25, -0.2) is 0 Å². The van der Waals surface area contributed by atoms with Crippen molar-refractivity contribution in [2.75, 3.05) is 7.05 Å². The van der Waals surface area contributed by atoms with Crippen molar-refractivity contribution in [1.82, 2.24) is 25.1 Å². The Morgan fingerprint density at radius 3 is 2.86 bits per heavy atom. The van der Waals surface area contributed by atoms with Crippen LogP contribution in [-0.4, -0.2) is 38.2 Å². The van der Waals surface area contributed by atoms with E-state index in [-0.39, 0.29) is 0 Å². The lowest BCUT2D eigenvalue weighted by molar-refractivity contribution is 0.228. The van der Waals surface area contributed by atoms with Crippen LogP contribution in [-0.2, 0) is 13.0 Å². The number of furan rings is 1. The smallest absolute Gasteiger partial charge is 0.152 e. The van der Waals surface area contributed by atoms with Gasteiger partial charge >= 0.3 is 0 Å². The molecule has 22 heavy (non-hydrogen) atoms. The van der Waals surface area contributed by atoms with Gasteiger partial charge in [-0.2, -0.15) is 5.10 Å². The van der Waals surface area contributed by atoms with Crippen molar-refractivity contribution < 1.29 is 4.42 Å². The summed E-state index contributed by atoms with van der Waals surface area (Å²) in [5.74, 6) is 1.74. The molecular formula is C16H19N5O. The second kappa shape index (κ2) is 6.53. The third-order valence-electron chi connectivity index (χ3n) is 3.71. The normalized spacial score (nSPS) is 12.7. The van der Waals surface area contributed by atoms with Crippen LogP contribution in [0.4, 0.5) is 0 Å². The standard InChI is InChI=1S/C16H19N5O/c1-12(9-13-10-17-7-8-18-13)21(2)11-14-3-4-16(22-14)15-5-6-19-20-15/h3-8,10,12H,9,11H2,1-2H3,(H,19,20). The van der Waals surface area contributed by atoms with Crippen molar-refractivity contribution in [3.05, 3.63) is 54.4 Å². The van der Waals surface area contributed by atoms with Crippen LogP contribution in [0.3, 0.4) is 0 Å². The highest BCUT2D eigenvalue weighted by Gasteiger charge is 2.14. The Kier molecular flexibility index (Phi) is 4.29. The quantitative estimate of drug-likeness (QED) is 0.757. The molecule has 1 N–H and O–H groups in total. The maximum absolute atomic E-state index is 5.86. The summed E-state index contributed by atoms with van der Waals surface area (Å²) in [7, 11) is 2.08. The van der Waals surface area contributed by atoms with E-state index in [1.54, 1.807) is 18.6 Å². The van der Waals surface area contributed by atoms with Gasteiger partial charge < -0.3 is 4.42 Å². The summed E-state index contributed by atoms with van der Waals surface area (Å²) in [6.45, 7) is 2.92. The molecule has 0 aliphatic carbocycles. The van der Waals surface area contributed by atoms with E-state index in [1.807, 2.05) is 24.4 Å². The number of H-pyrrole nitrogens is 1. The summed E-state index contributed by atoms with van der Waals surface area (Å²) >= 11 is 0. The third kappa shape index (κ3) is 3.40. The van der Waals surface area contributed by atoms with Crippen LogP contribution in [0.2, 0.25) is 0 Å². The minimum absolute atomic E-state index is 0.345. The Bertz CT molecular complexity index is 692. The van der Waals surface area contributed by atoms with E-state index in [2.05, 4.69) is 39.0 Å². The fourth-order valence-corrected chi connectivity index (χ4v) is 2.30. The van der Waals surface area contributed by atoms with E-state index in [9.17, 15) is 0 Å². The van der Waals surface area contributed by atoms with Crippen molar-refractivity contribution in [2.24, 2.45) is 0 Å². The van der Waals surface area contributed by atoms with E-state index in [0.717, 1.165) is 35.9 Å². The van der Waals surface area contributed by atoms with Crippen LogP contribution in [0.15, 0.2) is 47.4 Å². The van der Waals surface area contributed by atoms with Gasteiger partial charge in [-0.1, -0.05) is 0 Å². The maximum atomic E-state index is 5.86. The molecule has 0 aliphatic heterocycles. The first-order valence-corrected chi connectivity index (χ1v) is 7.26. The minimum Gasteiger partial charge on any atom is -0.458 e. The molecular weight excluding hydrogens is 278 g/mol. The molecule has 6 nitrogen and oxygen atoms in total. The van der Waals surface area contributed by atoms with Gasteiger partial charge in [-0.15, -0.1) is 0 Å². The first-order chi connectivity index (χ1) is 10.7. The average Bonchev–Trinajstić information content (AvgIpc) is 3.19. The molecule has 1 unspecified atom stereocenters. The molecule has 3 aromatic rings. The van der Waals surface area contributed by atoms with Gasteiger partial charge in [-0.3, -0.25) is 20.0 Å². The van der Waals surface area contributed by atoms with Crippen molar-refractivity contribution in [2.45, 2.75) is 25.9 Å². The van der Waals surface area contributed by atoms with Gasteiger partial charge in [0.15, 0.2) is 5.76 Å². The molecule has 3 heterocycles. The molecule has 1 atom stereocenters. The lowest BCUT2D eigenvalue weighted by atomic mass is 10.1. The summed E-state index contributed by atoms with van der Waals surface area (Å²) in [5.41, 5.74) is 1.89. The number of likely N-dealkylation sites (N-methyl/N-ethyl adjacent to an activating group) is 1. The number of aromatic amines is 1. The van der Waals surface area contributed by atoms with Gasteiger partial charge in [0.25, 0.3) is 0 Å².